The maximum Gasteiger partial charge on any atom is 0.0537 e. The molecule has 1 aromatic rings. The molecule has 64 valence electrons. The summed E-state index contributed by atoms with van der Waals surface area (Å²) in [5.41, 5.74) is 3.74. The molecule has 4 nitrogen and oxygen atoms in total. The van der Waals surface area contributed by atoms with E-state index in [-0.39, 0.29) is 18.4 Å². The third-order valence-corrected chi connectivity index (χ3v) is 1.47. The molecule has 1 atom stereocenters. The zero-order valence-electron chi connectivity index (χ0n) is 6.61. The molecule has 1 aromatic heterocycles. The van der Waals surface area contributed by atoms with E-state index in [1.54, 1.807) is 10.9 Å². The summed E-state index contributed by atoms with van der Waals surface area (Å²) in [7, 11) is 1.88. The summed E-state index contributed by atoms with van der Waals surface area (Å²) in [6.07, 6.45) is 3.73. The second-order valence-corrected chi connectivity index (χ2v) is 2.34. The first-order valence-electron chi connectivity index (χ1n) is 3.18. The summed E-state index contributed by atoms with van der Waals surface area (Å²) in [5, 5.41) is 4.01. The minimum Gasteiger partial charge on any atom is -0.275 e. The Morgan fingerprint density at radius 2 is 2.36 bits per heavy atom. The molecule has 5 heteroatoms. The maximum atomic E-state index is 5.23. The molecule has 1 rings (SSSR count). The van der Waals surface area contributed by atoms with Gasteiger partial charge < -0.3 is 0 Å². The smallest absolute Gasteiger partial charge is 0.0537 e. The number of hydrogen-bond acceptors (Lipinski definition) is 3. The Balaban J connectivity index is 0.000001000. The van der Waals surface area contributed by atoms with Crippen molar-refractivity contribution in [2.24, 2.45) is 12.9 Å². The molecule has 0 aliphatic carbocycles. The van der Waals surface area contributed by atoms with Gasteiger partial charge in [-0.1, -0.05) is 0 Å². The van der Waals surface area contributed by atoms with Crippen molar-refractivity contribution in [2.75, 3.05) is 0 Å². The van der Waals surface area contributed by atoms with Gasteiger partial charge in [0.1, 0.15) is 0 Å². The number of nitrogens with one attached hydrogen (secondary N) is 1. The number of nitrogens with two attached hydrogens (primary N) is 1. The predicted octanol–water partition coefficient (Wildman–Crippen LogP) is 0.366. The van der Waals surface area contributed by atoms with E-state index in [1.807, 2.05) is 20.2 Å². The summed E-state index contributed by atoms with van der Waals surface area (Å²) in [6, 6.07) is 0.175. The standard InChI is InChI=1S/C6H12N4.ClH/c1-5(9-7)6-3-8-10(2)4-6;/h3-5,9H,7H2,1-2H3;1H. The van der Waals surface area contributed by atoms with Crippen LogP contribution >= 0.6 is 12.4 Å². The fourth-order valence-electron chi connectivity index (χ4n) is 0.760. The Morgan fingerprint density at radius 1 is 1.73 bits per heavy atom. The lowest BCUT2D eigenvalue weighted by atomic mass is 10.2. The average Bonchev–Trinajstić information content (AvgIpc) is 2.34. The molecule has 3 N–H and O–H groups in total. The molecule has 0 amide bonds. The van der Waals surface area contributed by atoms with Crippen molar-refractivity contribution >= 4 is 12.4 Å². The van der Waals surface area contributed by atoms with E-state index >= 15 is 0 Å². The third-order valence-electron chi connectivity index (χ3n) is 1.47. The summed E-state index contributed by atoms with van der Waals surface area (Å²) in [5.74, 6) is 5.23. The third kappa shape index (κ3) is 2.49. The monoisotopic (exact) mass is 176 g/mol. The van der Waals surface area contributed by atoms with Crippen LogP contribution in [0.1, 0.15) is 18.5 Å². The number of hydrazine groups is 1. The minimum atomic E-state index is 0. The molecule has 0 aliphatic heterocycles. The van der Waals surface area contributed by atoms with Crippen molar-refractivity contribution in [1.29, 1.82) is 0 Å². The quantitative estimate of drug-likeness (QED) is 0.506. The van der Waals surface area contributed by atoms with Gasteiger partial charge in [-0.3, -0.25) is 16.0 Å². The Bertz CT molecular complexity index is 210. The van der Waals surface area contributed by atoms with E-state index in [0.717, 1.165) is 5.56 Å². The van der Waals surface area contributed by atoms with E-state index in [1.165, 1.54) is 0 Å². The molecule has 0 spiro atoms. The lowest BCUT2D eigenvalue weighted by Crippen LogP contribution is -2.25. The highest BCUT2D eigenvalue weighted by Gasteiger charge is 2.02. The van der Waals surface area contributed by atoms with Crippen LogP contribution in [0.2, 0.25) is 0 Å². The fraction of sp³-hybridized carbons (Fsp3) is 0.500. The molecule has 0 aliphatic rings. The van der Waals surface area contributed by atoms with Gasteiger partial charge in [-0.25, -0.2) is 0 Å². The van der Waals surface area contributed by atoms with Gasteiger partial charge in [0, 0.05) is 24.8 Å². The summed E-state index contributed by atoms with van der Waals surface area (Å²) >= 11 is 0. The second kappa shape index (κ2) is 4.33. The first-order chi connectivity index (χ1) is 4.74. The summed E-state index contributed by atoms with van der Waals surface area (Å²) in [6.45, 7) is 1.98. The van der Waals surface area contributed by atoms with Crippen molar-refractivity contribution in [1.82, 2.24) is 15.2 Å². The minimum absolute atomic E-state index is 0. The number of nitrogens with zero attached hydrogens (tertiary/aromatic N) is 2. The number of halogens is 1. The zero-order chi connectivity index (χ0) is 7.56. The Morgan fingerprint density at radius 3 is 2.73 bits per heavy atom. The maximum absolute atomic E-state index is 5.23. The van der Waals surface area contributed by atoms with Crippen LogP contribution < -0.4 is 11.3 Å². The van der Waals surface area contributed by atoms with E-state index < -0.39 is 0 Å². The van der Waals surface area contributed by atoms with Gasteiger partial charge in [-0.2, -0.15) is 5.10 Å². The highest BCUT2D eigenvalue weighted by Crippen LogP contribution is 2.07. The van der Waals surface area contributed by atoms with Crippen molar-refractivity contribution in [2.45, 2.75) is 13.0 Å². The molecule has 0 saturated heterocycles. The largest absolute Gasteiger partial charge is 0.275 e. The summed E-state index contributed by atoms with van der Waals surface area (Å²) in [4.78, 5) is 0. The Labute approximate surface area is 72.1 Å². The van der Waals surface area contributed by atoms with Crippen molar-refractivity contribution in [3.8, 4) is 0 Å². The topological polar surface area (TPSA) is 55.9 Å². The van der Waals surface area contributed by atoms with Crippen LogP contribution in [0.15, 0.2) is 12.4 Å². The van der Waals surface area contributed by atoms with Crippen LogP contribution in [0.3, 0.4) is 0 Å². The summed E-state index contributed by atoms with van der Waals surface area (Å²) < 4.78 is 1.75. The van der Waals surface area contributed by atoms with Crippen LogP contribution in [0.25, 0.3) is 0 Å². The van der Waals surface area contributed by atoms with Gasteiger partial charge >= 0.3 is 0 Å². The fourth-order valence-corrected chi connectivity index (χ4v) is 0.760. The second-order valence-electron chi connectivity index (χ2n) is 2.34. The van der Waals surface area contributed by atoms with Gasteiger partial charge in [0.25, 0.3) is 0 Å². The molecule has 0 fully saturated rings. The molecule has 11 heavy (non-hydrogen) atoms. The number of rotatable bonds is 2. The van der Waals surface area contributed by atoms with Crippen LogP contribution in [-0.2, 0) is 7.05 Å². The van der Waals surface area contributed by atoms with Crippen LogP contribution in [-0.4, -0.2) is 9.78 Å². The highest BCUT2D eigenvalue weighted by atomic mass is 35.5. The van der Waals surface area contributed by atoms with E-state index in [9.17, 15) is 0 Å². The predicted molar refractivity (Wildman–Crippen MR) is 46.2 cm³/mol. The van der Waals surface area contributed by atoms with E-state index in [0.29, 0.717) is 0 Å². The zero-order valence-corrected chi connectivity index (χ0v) is 7.43. The Hall–Kier alpha value is -0.580. The van der Waals surface area contributed by atoms with Gasteiger partial charge in [0.05, 0.1) is 6.20 Å². The Kier molecular flexibility index (Phi) is 4.10. The molecule has 1 heterocycles. The van der Waals surface area contributed by atoms with Crippen LogP contribution in [0.4, 0.5) is 0 Å². The van der Waals surface area contributed by atoms with Crippen LogP contribution in [0.5, 0.6) is 0 Å². The van der Waals surface area contributed by atoms with Crippen molar-refractivity contribution in [3.05, 3.63) is 18.0 Å². The molecule has 0 aromatic carbocycles. The first kappa shape index (κ1) is 10.4. The van der Waals surface area contributed by atoms with Gasteiger partial charge in [0.2, 0.25) is 0 Å². The number of aromatic nitrogens is 2. The molecule has 1 unspecified atom stereocenters. The van der Waals surface area contributed by atoms with Gasteiger partial charge in [-0.15, -0.1) is 12.4 Å². The molecule has 0 radical (unpaired) electrons. The highest BCUT2D eigenvalue weighted by molar-refractivity contribution is 5.85. The SMILES string of the molecule is CC(NN)c1cnn(C)c1.Cl. The van der Waals surface area contributed by atoms with Gasteiger partial charge in [-0.05, 0) is 6.92 Å². The van der Waals surface area contributed by atoms with E-state index in [2.05, 4.69) is 10.5 Å². The lowest BCUT2D eigenvalue weighted by Gasteiger charge is -2.04. The van der Waals surface area contributed by atoms with Gasteiger partial charge in [0.15, 0.2) is 0 Å². The lowest BCUT2D eigenvalue weighted by molar-refractivity contribution is 0.601. The van der Waals surface area contributed by atoms with E-state index in [4.69, 9.17) is 5.84 Å². The molecular weight excluding hydrogens is 164 g/mol. The van der Waals surface area contributed by atoms with Crippen LogP contribution in [0, 0.1) is 0 Å². The molecule has 0 saturated carbocycles. The number of hydrogen-bond donors (Lipinski definition) is 2. The average molecular weight is 177 g/mol. The molecule has 0 bridgehead atoms. The van der Waals surface area contributed by atoms with Crippen molar-refractivity contribution in [3.63, 3.8) is 0 Å². The normalized spacial score (nSPS) is 12.3. The van der Waals surface area contributed by atoms with Crippen molar-refractivity contribution < 1.29 is 0 Å². The number of aryl methyl sites for hydroxylation is 1. The first-order valence-corrected chi connectivity index (χ1v) is 3.18. The molecular formula is C6H13ClN4.